The fraction of sp³-hybridized carbons (Fsp3) is 0.179. The highest BCUT2D eigenvalue weighted by Gasteiger charge is 2.23. The summed E-state index contributed by atoms with van der Waals surface area (Å²) in [6, 6.07) is 31.7. The first-order valence-corrected chi connectivity index (χ1v) is 14.9. The zero-order valence-electron chi connectivity index (χ0n) is 24.0. The quantitative estimate of drug-likeness (QED) is 0.215. The fourth-order valence-corrected chi connectivity index (χ4v) is 7.39. The van der Waals surface area contributed by atoms with E-state index in [0.29, 0.717) is 5.92 Å². The molecule has 2 aliphatic rings. The van der Waals surface area contributed by atoms with Crippen LogP contribution in [-0.2, 0) is 6.42 Å². The van der Waals surface area contributed by atoms with Crippen LogP contribution in [-0.4, -0.2) is 9.13 Å². The Morgan fingerprint density at radius 3 is 1.90 bits per heavy atom. The topological polar surface area (TPSA) is 9.86 Å². The first-order chi connectivity index (χ1) is 20.1. The lowest BCUT2D eigenvalue weighted by atomic mass is 9.91. The number of benzene rings is 4. The molecule has 2 heteroatoms. The van der Waals surface area contributed by atoms with Gasteiger partial charge in [-0.3, -0.25) is 0 Å². The van der Waals surface area contributed by atoms with E-state index < -0.39 is 0 Å². The Bertz CT molecular complexity index is 2060. The molecule has 0 radical (unpaired) electrons. The third-order valence-corrected chi connectivity index (χ3v) is 9.29. The Morgan fingerprint density at radius 2 is 1.22 bits per heavy atom. The van der Waals surface area contributed by atoms with Gasteiger partial charge in [-0.2, -0.15) is 0 Å². The Kier molecular flexibility index (Phi) is 5.47. The molecule has 0 bridgehead atoms. The summed E-state index contributed by atoms with van der Waals surface area (Å²) in [6.45, 7) is 6.86. The standard InChI is InChI=1S/C39H34N2/c1-25-11-10-18-38-39(25)34-14-6-9-17-37(34)41(38)29-20-22-31(27(3)24-29)30-21-19-28(23-26(30)2)40-35-15-7-4-12-32(35)33-13-5-8-16-36(33)40/h4,6-10,12,14-25H,5,11,13H2,1-3H3. The van der Waals surface area contributed by atoms with Crippen molar-refractivity contribution in [3.8, 4) is 22.5 Å². The molecule has 4 aromatic carbocycles. The molecule has 8 rings (SSSR count). The average Bonchev–Trinajstić information content (AvgIpc) is 3.51. The van der Waals surface area contributed by atoms with Crippen molar-refractivity contribution in [2.45, 2.75) is 46.0 Å². The molecular formula is C39H34N2. The second-order valence-electron chi connectivity index (χ2n) is 11.8. The predicted molar refractivity (Wildman–Crippen MR) is 174 cm³/mol. The van der Waals surface area contributed by atoms with Crippen molar-refractivity contribution in [1.29, 1.82) is 0 Å². The van der Waals surface area contributed by atoms with E-state index >= 15 is 0 Å². The number of allylic oxidation sites excluding steroid dienone is 2. The van der Waals surface area contributed by atoms with Crippen molar-refractivity contribution in [3.63, 3.8) is 0 Å². The van der Waals surface area contributed by atoms with Crippen LogP contribution in [0.25, 0.3) is 56.5 Å². The summed E-state index contributed by atoms with van der Waals surface area (Å²) in [4.78, 5) is 0. The summed E-state index contributed by atoms with van der Waals surface area (Å²) < 4.78 is 4.90. The van der Waals surface area contributed by atoms with Gasteiger partial charge in [0.05, 0.1) is 11.0 Å². The third kappa shape index (κ3) is 3.63. The Morgan fingerprint density at radius 1 is 0.634 bits per heavy atom. The first kappa shape index (κ1) is 24.3. The van der Waals surface area contributed by atoms with Crippen molar-refractivity contribution >= 4 is 34.0 Å². The van der Waals surface area contributed by atoms with Crippen LogP contribution in [0.2, 0.25) is 0 Å². The molecule has 0 saturated carbocycles. The van der Waals surface area contributed by atoms with E-state index in [-0.39, 0.29) is 0 Å². The van der Waals surface area contributed by atoms with Crippen LogP contribution in [0, 0.1) is 13.8 Å². The van der Waals surface area contributed by atoms with Gasteiger partial charge in [0.15, 0.2) is 0 Å². The van der Waals surface area contributed by atoms with Gasteiger partial charge in [-0.15, -0.1) is 0 Å². The normalized spacial score (nSPS) is 15.9. The minimum Gasteiger partial charge on any atom is -0.310 e. The van der Waals surface area contributed by atoms with Gasteiger partial charge >= 0.3 is 0 Å². The van der Waals surface area contributed by atoms with Crippen LogP contribution >= 0.6 is 0 Å². The highest BCUT2D eigenvalue weighted by atomic mass is 15.0. The van der Waals surface area contributed by atoms with Gasteiger partial charge in [0.25, 0.3) is 0 Å². The van der Waals surface area contributed by atoms with Crippen LogP contribution in [0.4, 0.5) is 0 Å². The second-order valence-corrected chi connectivity index (χ2v) is 11.8. The molecule has 2 nitrogen and oxygen atoms in total. The molecule has 1 atom stereocenters. The maximum Gasteiger partial charge on any atom is 0.0537 e. The molecule has 0 aliphatic heterocycles. The predicted octanol–water partition coefficient (Wildman–Crippen LogP) is 10.3. The second kappa shape index (κ2) is 9.24. The van der Waals surface area contributed by atoms with Gasteiger partial charge in [-0.25, -0.2) is 0 Å². The summed E-state index contributed by atoms with van der Waals surface area (Å²) in [7, 11) is 0. The molecule has 2 aliphatic carbocycles. The number of para-hydroxylation sites is 2. The van der Waals surface area contributed by atoms with Gasteiger partial charge < -0.3 is 9.13 Å². The van der Waals surface area contributed by atoms with Gasteiger partial charge in [0.2, 0.25) is 0 Å². The SMILES string of the molecule is Cc1cc(-n2c3c(c4ccccc42)CCC=C3)ccc1-c1ccc(-n2c3c(c4ccccc42)C(C)CC=C3)cc1C. The maximum atomic E-state index is 2.46. The smallest absolute Gasteiger partial charge is 0.0537 e. The highest BCUT2D eigenvalue weighted by Crippen LogP contribution is 2.41. The number of nitrogens with zero attached hydrogens (tertiary/aromatic N) is 2. The minimum atomic E-state index is 0.529. The van der Waals surface area contributed by atoms with E-state index in [4.69, 9.17) is 0 Å². The molecule has 2 heterocycles. The molecule has 0 spiro atoms. The van der Waals surface area contributed by atoms with Crippen LogP contribution in [0.15, 0.2) is 97.1 Å². The summed E-state index contributed by atoms with van der Waals surface area (Å²) in [5.41, 5.74) is 15.8. The zero-order valence-corrected chi connectivity index (χ0v) is 24.0. The van der Waals surface area contributed by atoms with Crippen molar-refractivity contribution in [2.24, 2.45) is 0 Å². The third-order valence-electron chi connectivity index (χ3n) is 9.29. The Labute approximate surface area is 241 Å². The summed E-state index contributed by atoms with van der Waals surface area (Å²) in [6.07, 6.45) is 12.6. The Hall–Kier alpha value is -4.56. The molecule has 41 heavy (non-hydrogen) atoms. The average molecular weight is 531 g/mol. The lowest BCUT2D eigenvalue weighted by molar-refractivity contribution is 0.773. The molecule has 200 valence electrons. The van der Waals surface area contributed by atoms with Crippen LogP contribution in [0.5, 0.6) is 0 Å². The molecule has 0 N–H and O–H groups in total. The van der Waals surface area contributed by atoms with Gasteiger partial charge in [-0.05, 0) is 121 Å². The van der Waals surface area contributed by atoms with Crippen molar-refractivity contribution in [2.75, 3.05) is 0 Å². The maximum absolute atomic E-state index is 2.46. The number of fused-ring (bicyclic) bond motifs is 6. The van der Waals surface area contributed by atoms with Crippen LogP contribution in [0.3, 0.4) is 0 Å². The number of aromatic nitrogens is 2. The highest BCUT2D eigenvalue weighted by molar-refractivity contribution is 5.92. The molecule has 6 aromatic rings. The van der Waals surface area contributed by atoms with Crippen molar-refractivity contribution in [1.82, 2.24) is 9.13 Å². The molecule has 0 amide bonds. The first-order valence-electron chi connectivity index (χ1n) is 14.9. The molecule has 2 aromatic heterocycles. The zero-order chi connectivity index (χ0) is 27.7. The van der Waals surface area contributed by atoms with Gasteiger partial charge in [0.1, 0.15) is 0 Å². The number of rotatable bonds is 3. The molecule has 0 fully saturated rings. The number of hydrogen-bond donors (Lipinski definition) is 0. The van der Waals surface area contributed by atoms with E-state index in [9.17, 15) is 0 Å². The summed E-state index contributed by atoms with van der Waals surface area (Å²) >= 11 is 0. The monoisotopic (exact) mass is 530 g/mol. The molecule has 0 saturated heterocycles. The van der Waals surface area contributed by atoms with E-state index in [1.54, 1.807) is 0 Å². The van der Waals surface area contributed by atoms with E-state index in [1.807, 2.05) is 0 Å². The summed E-state index contributed by atoms with van der Waals surface area (Å²) in [5, 5.41) is 2.76. The number of hydrogen-bond acceptors (Lipinski definition) is 0. The lowest BCUT2D eigenvalue weighted by Gasteiger charge is -2.18. The van der Waals surface area contributed by atoms with Crippen LogP contribution in [0.1, 0.15) is 59.3 Å². The minimum absolute atomic E-state index is 0.529. The van der Waals surface area contributed by atoms with E-state index in [2.05, 4.69) is 139 Å². The van der Waals surface area contributed by atoms with Crippen LogP contribution < -0.4 is 0 Å². The molecule has 1 unspecified atom stereocenters. The van der Waals surface area contributed by atoms with Gasteiger partial charge in [-0.1, -0.05) is 67.6 Å². The summed E-state index contributed by atoms with van der Waals surface area (Å²) in [5.74, 6) is 0.529. The largest absolute Gasteiger partial charge is 0.310 e. The molecular weight excluding hydrogens is 496 g/mol. The number of aryl methyl sites for hydroxylation is 3. The van der Waals surface area contributed by atoms with Crippen molar-refractivity contribution < 1.29 is 0 Å². The fourth-order valence-electron chi connectivity index (χ4n) is 7.39. The lowest BCUT2D eigenvalue weighted by Crippen LogP contribution is -2.03. The Balaban J connectivity index is 1.23. The van der Waals surface area contributed by atoms with Crippen molar-refractivity contribution in [3.05, 3.63) is 131 Å². The van der Waals surface area contributed by atoms with Gasteiger partial charge in [0, 0.05) is 33.5 Å². The van der Waals surface area contributed by atoms with E-state index in [1.165, 1.54) is 77.9 Å². The van der Waals surface area contributed by atoms with E-state index in [0.717, 1.165) is 19.3 Å².